The summed E-state index contributed by atoms with van der Waals surface area (Å²) in [6.45, 7) is 5.75. The molecule has 110 valence electrons. The van der Waals surface area contributed by atoms with Crippen molar-refractivity contribution >= 4 is 11.3 Å². The average Bonchev–Trinajstić information content (AvgIpc) is 2.85. The summed E-state index contributed by atoms with van der Waals surface area (Å²) in [5, 5.41) is 20.9. The van der Waals surface area contributed by atoms with Crippen molar-refractivity contribution in [3.8, 4) is 6.07 Å². The van der Waals surface area contributed by atoms with Crippen LogP contribution in [-0.4, -0.2) is 22.2 Å². The van der Waals surface area contributed by atoms with Gasteiger partial charge in [0, 0.05) is 29.9 Å². The van der Waals surface area contributed by atoms with Gasteiger partial charge < -0.3 is 5.11 Å². The molecule has 0 amide bonds. The first-order valence-electron chi connectivity index (χ1n) is 6.92. The number of benzene rings is 1. The predicted molar refractivity (Wildman–Crippen MR) is 85.9 cm³/mol. The average molecular weight is 300 g/mol. The number of hydrogen-bond acceptors (Lipinski definition) is 4. The van der Waals surface area contributed by atoms with Crippen LogP contribution < -0.4 is 0 Å². The minimum Gasteiger partial charge on any atom is -0.389 e. The van der Waals surface area contributed by atoms with Gasteiger partial charge in [-0.3, -0.25) is 4.90 Å². The van der Waals surface area contributed by atoms with Crippen LogP contribution in [0.1, 0.15) is 29.9 Å². The fraction of sp³-hybridized carbons (Fsp3) is 0.353. The summed E-state index contributed by atoms with van der Waals surface area (Å²) in [4.78, 5) is 3.36. The molecule has 3 nitrogen and oxygen atoms in total. The minimum atomic E-state index is -0.746. The van der Waals surface area contributed by atoms with E-state index in [9.17, 15) is 5.11 Å². The number of rotatable bonds is 6. The Bertz CT molecular complexity index is 608. The van der Waals surface area contributed by atoms with E-state index >= 15 is 0 Å². The van der Waals surface area contributed by atoms with Gasteiger partial charge in [0.05, 0.1) is 11.2 Å². The fourth-order valence-electron chi connectivity index (χ4n) is 2.30. The molecular formula is C17H20N2OS. The highest BCUT2D eigenvalue weighted by atomic mass is 32.1. The molecule has 0 saturated heterocycles. The van der Waals surface area contributed by atoms with Crippen LogP contribution in [0.3, 0.4) is 0 Å². The van der Waals surface area contributed by atoms with Crippen molar-refractivity contribution in [2.45, 2.75) is 32.5 Å². The van der Waals surface area contributed by atoms with Crippen LogP contribution in [0.5, 0.6) is 0 Å². The zero-order valence-electron chi connectivity index (χ0n) is 12.4. The molecule has 21 heavy (non-hydrogen) atoms. The van der Waals surface area contributed by atoms with Crippen molar-refractivity contribution in [3.05, 3.63) is 57.8 Å². The molecule has 0 aliphatic rings. The lowest BCUT2D eigenvalue weighted by atomic mass is 10.1. The molecule has 0 atom stereocenters. The quantitative estimate of drug-likeness (QED) is 0.889. The zero-order chi connectivity index (χ0) is 15.3. The molecule has 2 aromatic rings. The number of nitriles is 1. The maximum atomic E-state index is 10.1. The van der Waals surface area contributed by atoms with Crippen LogP contribution in [-0.2, 0) is 13.1 Å². The highest BCUT2D eigenvalue weighted by molar-refractivity contribution is 7.10. The van der Waals surface area contributed by atoms with Gasteiger partial charge in [-0.1, -0.05) is 30.3 Å². The number of thiophene rings is 1. The number of nitrogens with zero attached hydrogens (tertiary/aromatic N) is 2. The highest BCUT2D eigenvalue weighted by Gasteiger charge is 2.19. The lowest BCUT2D eigenvalue weighted by molar-refractivity contribution is 0.0310. The van der Waals surface area contributed by atoms with E-state index in [0.717, 1.165) is 18.0 Å². The molecule has 0 unspecified atom stereocenters. The second kappa shape index (κ2) is 6.86. The van der Waals surface area contributed by atoms with Gasteiger partial charge >= 0.3 is 0 Å². The van der Waals surface area contributed by atoms with Crippen molar-refractivity contribution in [3.63, 3.8) is 0 Å². The van der Waals surface area contributed by atoms with Gasteiger partial charge in [-0.25, -0.2) is 0 Å². The first kappa shape index (κ1) is 15.7. The van der Waals surface area contributed by atoms with Gasteiger partial charge in [0.15, 0.2) is 0 Å². The van der Waals surface area contributed by atoms with E-state index in [0.29, 0.717) is 12.1 Å². The van der Waals surface area contributed by atoms with E-state index in [2.05, 4.69) is 23.1 Å². The molecule has 0 aliphatic heterocycles. The van der Waals surface area contributed by atoms with Gasteiger partial charge in [0.1, 0.15) is 6.07 Å². The third kappa shape index (κ3) is 5.31. The lowest BCUT2D eigenvalue weighted by Crippen LogP contribution is -2.37. The summed E-state index contributed by atoms with van der Waals surface area (Å²) >= 11 is 1.59. The van der Waals surface area contributed by atoms with Crippen LogP contribution >= 0.6 is 11.3 Å². The van der Waals surface area contributed by atoms with Crippen LogP contribution in [0, 0.1) is 11.3 Å². The summed E-state index contributed by atoms with van der Waals surface area (Å²) in [5.41, 5.74) is 1.18. The molecule has 0 bridgehead atoms. The third-order valence-corrected chi connectivity index (χ3v) is 3.94. The van der Waals surface area contributed by atoms with Crippen molar-refractivity contribution in [2.24, 2.45) is 0 Å². The lowest BCUT2D eigenvalue weighted by Gasteiger charge is -2.28. The van der Waals surface area contributed by atoms with Gasteiger partial charge in [-0.05, 0) is 25.5 Å². The molecule has 0 aliphatic carbocycles. The molecule has 2 rings (SSSR count). The summed E-state index contributed by atoms with van der Waals surface area (Å²) in [6.07, 6.45) is 0. The first-order chi connectivity index (χ1) is 9.96. The Morgan fingerprint density at radius 1 is 1.24 bits per heavy atom. The van der Waals surface area contributed by atoms with Gasteiger partial charge in [0.2, 0.25) is 0 Å². The highest BCUT2D eigenvalue weighted by Crippen LogP contribution is 2.19. The van der Waals surface area contributed by atoms with E-state index in [1.807, 2.05) is 43.5 Å². The molecule has 1 heterocycles. The van der Waals surface area contributed by atoms with Gasteiger partial charge in [-0.2, -0.15) is 5.26 Å². The number of aliphatic hydroxyl groups is 1. The Morgan fingerprint density at radius 2 is 1.95 bits per heavy atom. The molecule has 0 saturated carbocycles. The molecule has 4 heteroatoms. The molecule has 1 aromatic carbocycles. The van der Waals surface area contributed by atoms with E-state index in [4.69, 9.17) is 5.26 Å². The standard InChI is InChI=1S/C17H20N2OS/c1-17(2,20)13-19(10-14-6-4-3-5-7-14)11-16-8-15(9-18)12-21-16/h3-8,12,20H,10-11,13H2,1-2H3. The van der Waals surface area contributed by atoms with Crippen molar-refractivity contribution in [1.82, 2.24) is 4.90 Å². The summed E-state index contributed by atoms with van der Waals surface area (Å²) in [7, 11) is 0. The predicted octanol–water partition coefficient (Wildman–Crippen LogP) is 3.39. The van der Waals surface area contributed by atoms with E-state index in [1.165, 1.54) is 5.56 Å². The van der Waals surface area contributed by atoms with Crippen LogP contribution in [0.4, 0.5) is 0 Å². The van der Waals surface area contributed by atoms with E-state index in [1.54, 1.807) is 11.3 Å². The zero-order valence-corrected chi connectivity index (χ0v) is 13.2. The normalized spacial score (nSPS) is 11.6. The van der Waals surface area contributed by atoms with Crippen LogP contribution in [0.25, 0.3) is 0 Å². The molecule has 1 aromatic heterocycles. The van der Waals surface area contributed by atoms with Gasteiger partial charge in [0.25, 0.3) is 0 Å². The molecule has 0 radical (unpaired) electrons. The maximum absolute atomic E-state index is 10.1. The fourth-order valence-corrected chi connectivity index (χ4v) is 3.15. The first-order valence-corrected chi connectivity index (χ1v) is 7.80. The Labute approximate surface area is 130 Å². The molecule has 0 fully saturated rings. The smallest absolute Gasteiger partial charge is 0.100 e. The molecule has 0 spiro atoms. The van der Waals surface area contributed by atoms with Crippen LogP contribution in [0.2, 0.25) is 0 Å². The molecular weight excluding hydrogens is 280 g/mol. The third-order valence-electron chi connectivity index (χ3n) is 3.02. The Kier molecular flexibility index (Phi) is 5.13. The van der Waals surface area contributed by atoms with Crippen LogP contribution in [0.15, 0.2) is 41.8 Å². The van der Waals surface area contributed by atoms with Crippen molar-refractivity contribution in [2.75, 3.05) is 6.54 Å². The molecule has 1 N–H and O–H groups in total. The minimum absolute atomic E-state index is 0.585. The topological polar surface area (TPSA) is 47.3 Å². The van der Waals surface area contributed by atoms with Crippen molar-refractivity contribution in [1.29, 1.82) is 5.26 Å². The summed E-state index contributed by atoms with van der Waals surface area (Å²) in [6, 6.07) is 14.3. The number of hydrogen-bond donors (Lipinski definition) is 1. The second-order valence-corrected chi connectivity index (χ2v) is 6.85. The summed E-state index contributed by atoms with van der Waals surface area (Å²) in [5.74, 6) is 0. The SMILES string of the molecule is CC(C)(O)CN(Cc1ccccc1)Cc1cc(C#N)cs1. The second-order valence-electron chi connectivity index (χ2n) is 5.86. The van der Waals surface area contributed by atoms with Crippen molar-refractivity contribution < 1.29 is 5.11 Å². The maximum Gasteiger partial charge on any atom is 0.100 e. The van der Waals surface area contributed by atoms with Gasteiger partial charge in [-0.15, -0.1) is 11.3 Å². The Morgan fingerprint density at radius 3 is 2.52 bits per heavy atom. The van der Waals surface area contributed by atoms with E-state index in [-0.39, 0.29) is 0 Å². The monoisotopic (exact) mass is 300 g/mol. The largest absolute Gasteiger partial charge is 0.389 e. The van der Waals surface area contributed by atoms with E-state index < -0.39 is 5.60 Å². The Hall–Kier alpha value is -1.67. The Balaban J connectivity index is 2.10. The summed E-state index contributed by atoms with van der Waals surface area (Å²) < 4.78 is 0.